The maximum absolute atomic E-state index is 12.4. The number of amides is 1. The van der Waals surface area contributed by atoms with Gasteiger partial charge in [-0.25, -0.2) is 13.1 Å². The van der Waals surface area contributed by atoms with Crippen molar-refractivity contribution in [3.05, 3.63) is 29.3 Å². The fraction of sp³-hybridized carbons (Fsp3) is 0.588. The smallest absolute Gasteiger partial charge is 0.240 e. The zero-order valence-corrected chi connectivity index (χ0v) is 14.9. The largest absolute Gasteiger partial charge is 0.342 e. The van der Waals surface area contributed by atoms with Crippen LogP contribution in [-0.2, 0) is 14.8 Å². The number of aryl methyl sites for hydroxylation is 2. The Balaban J connectivity index is 1.92. The van der Waals surface area contributed by atoms with Gasteiger partial charge in [-0.3, -0.25) is 4.79 Å². The van der Waals surface area contributed by atoms with E-state index in [-0.39, 0.29) is 23.8 Å². The molecule has 1 saturated heterocycles. The molecule has 23 heavy (non-hydrogen) atoms. The molecule has 1 heterocycles. The molecule has 1 aromatic carbocycles. The lowest BCUT2D eigenvalue weighted by atomic mass is 10.0. The summed E-state index contributed by atoms with van der Waals surface area (Å²) in [7, 11) is -3.57. The van der Waals surface area contributed by atoms with Crippen molar-refractivity contribution in [2.75, 3.05) is 19.6 Å². The molecule has 0 aliphatic carbocycles. The zero-order chi connectivity index (χ0) is 17.0. The number of benzene rings is 1. The lowest BCUT2D eigenvalue weighted by Gasteiger charge is -2.31. The predicted molar refractivity (Wildman–Crippen MR) is 90.7 cm³/mol. The second-order valence-electron chi connectivity index (χ2n) is 6.50. The first-order valence-electron chi connectivity index (χ1n) is 8.14. The van der Waals surface area contributed by atoms with Crippen LogP contribution in [0.3, 0.4) is 0 Å². The number of rotatable bonds is 5. The molecular weight excluding hydrogens is 312 g/mol. The molecule has 0 aromatic heterocycles. The first-order chi connectivity index (χ1) is 10.8. The van der Waals surface area contributed by atoms with E-state index in [2.05, 4.69) is 11.6 Å². The summed E-state index contributed by atoms with van der Waals surface area (Å²) in [5.74, 6) is 0.555. The van der Waals surface area contributed by atoms with Crippen molar-refractivity contribution < 1.29 is 13.2 Å². The number of hydrogen-bond acceptors (Lipinski definition) is 3. The molecule has 0 saturated carbocycles. The molecule has 0 radical (unpaired) electrons. The minimum Gasteiger partial charge on any atom is -0.342 e. The minimum atomic E-state index is -3.57. The maximum atomic E-state index is 12.4. The standard InChI is InChI=1S/C17H26N2O3S/c1-13-6-7-15(3)16(11-13)23(21,22)18-9-8-17(20)19-10-4-5-14(2)12-19/h6-7,11,14,18H,4-5,8-10,12H2,1-3H3/t14-/m1/s1. The van der Waals surface area contributed by atoms with E-state index in [0.29, 0.717) is 11.5 Å². The van der Waals surface area contributed by atoms with Crippen molar-refractivity contribution in [1.29, 1.82) is 0 Å². The summed E-state index contributed by atoms with van der Waals surface area (Å²) in [5.41, 5.74) is 1.61. The summed E-state index contributed by atoms with van der Waals surface area (Å²) in [6, 6.07) is 5.34. The summed E-state index contributed by atoms with van der Waals surface area (Å²) >= 11 is 0. The van der Waals surface area contributed by atoms with E-state index in [4.69, 9.17) is 0 Å². The third kappa shape index (κ3) is 4.78. The average Bonchev–Trinajstić information content (AvgIpc) is 2.49. The van der Waals surface area contributed by atoms with Crippen LogP contribution in [-0.4, -0.2) is 38.9 Å². The normalized spacial score (nSPS) is 18.9. The topological polar surface area (TPSA) is 66.5 Å². The Bertz CT molecular complexity index is 670. The van der Waals surface area contributed by atoms with Gasteiger partial charge in [0.25, 0.3) is 0 Å². The lowest BCUT2D eigenvalue weighted by molar-refractivity contribution is -0.132. The molecule has 0 unspecified atom stereocenters. The number of sulfonamides is 1. The zero-order valence-electron chi connectivity index (χ0n) is 14.1. The van der Waals surface area contributed by atoms with E-state index in [1.54, 1.807) is 19.1 Å². The van der Waals surface area contributed by atoms with Gasteiger partial charge in [-0.1, -0.05) is 19.1 Å². The van der Waals surface area contributed by atoms with E-state index >= 15 is 0 Å². The van der Waals surface area contributed by atoms with Gasteiger partial charge in [-0.05, 0) is 49.8 Å². The van der Waals surface area contributed by atoms with Crippen molar-refractivity contribution >= 4 is 15.9 Å². The van der Waals surface area contributed by atoms with Gasteiger partial charge in [0, 0.05) is 26.1 Å². The number of nitrogens with one attached hydrogen (secondary N) is 1. The van der Waals surface area contributed by atoms with Gasteiger partial charge in [0.1, 0.15) is 0 Å². The molecule has 0 bridgehead atoms. The molecule has 1 fully saturated rings. The van der Waals surface area contributed by atoms with Crippen molar-refractivity contribution in [3.63, 3.8) is 0 Å². The molecule has 128 valence electrons. The predicted octanol–water partition coefficient (Wildman–Crippen LogP) is 2.23. The third-order valence-corrected chi connectivity index (χ3v) is 5.88. The Labute approximate surface area is 139 Å². The summed E-state index contributed by atoms with van der Waals surface area (Å²) in [4.78, 5) is 14.3. The van der Waals surface area contributed by atoms with Gasteiger partial charge in [-0.2, -0.15) is 0 Å². The van der Waals surface area contributed by atoms with E-state index in [9.17, 15) is 13.2 Å². The Morgan fingerprint density at radius 3 is 2.78 bits per heavy atom. The Morgan fingerprint density at radius 1 is 1.35 bits per heavy atom. The highest BCUT2D eigenvalue weighted by Crippen LogP contribution is 2.17. The number of carbonyl (C=O) groups is 1. The van der Waals surface area contributed by atoms with Crippen LogP contribution in [0.4, 0.5) is 0 Å². The number of hydrogen-bond donors (Lipinski definition) is 1. The molecule has 0 spiro atoms. The second kappa shape index (κ2) is 7.45. The van der Waals surface area contributed by atoms with Crippen molar-refractivity contribution in [2.24, 2.45) is 5.92 Å². The Morgan fingerprint density at radius 2 is 2.09 bits per heavy atom. The number of piperidine rings is 1. The van der Waals surface area contributed by atoms with Crippen LogP contribution in [0.2, 0.25) is 0 Å². The number of nitrogens with zero attached hydrogens (tertiary/aromatic N) is 1. The molecule has 5 nitrogen and oxygen atoms in total. The summed E-state index contributed by atoms with van der Waals surface area (Å²) in [6.07, 6.45) is 2.39. The van der Waals surface area contributed by atoms with E-state index < -0.39 is 10.0 Å². The van der Waals surface area contributed by atoms with Crippen LogP contribution in [0.15, 0.2) is 23.1 Å². The average molecular weight is 338 g/mol. The molecule has 1 aliphatic heterocycles. The number of carbonyl (C=O) groups excluding carboxylic acids is 1. The molecule has 1 aliphatic rings. The highest BCUT2D eigenvalue weighted by Gasteiger charge is 2.22. The minimum absolute atomic E-state index is 0.0280. The lowest BCUT2D eigenvalue weighted by Crippen LogP contribution is -2.40. The van der Waals surface area contributed by atoms with E-state index in [1.165, 1.54) is 0 Å². The van der Waals surface area contributed by atoms with Crippen LogP contribution in [0.1, 0.15) is 37.3 Å². The molecule has 2 rings (SSSR count). The third-order valence-electron chi connectivity index (χ3n) is 4.27. The quantitative estimate of drug-likeness (QED) is 0.895. The van der Waals surface area contributed by atoms with Crippen LogP contribution in [0, 0.1) is 19.8 Å². The van der Waals surface area contributed by atoms with Crippen LogP contribution >= 0.6 is 0 Å². The fourth-order valence-corrected chi connectivity index (χ4v) is 4.30. The van der Waals surface area contributed by atoms with Gasteiger partial charge in [0.2, 0.25) is 15.9 Å². The van der Waals surface area contributed by atoms with Crippen molar-refractivity contribution in [1.82, 2.24) is 9.62 Å². The molecule has 1 amide bonds. The first kappa shape index (κ1) is 17.9. The summed E-state index contributed by atoms with van der Waals surface area (Å²) < 4.78 is 27.3. The van der Waals surface area contributed by atoms with Crippen LogP contribution in [0.5, 0.6) is 0 Å². The van der Waals surface area contributed by atoms with Crippen LogP contribution in [0.25, 0.3) is 0 Å². The highest BCUT2D eigenvalue weighted by molar-refractivity contribution is 7.89. The molecule has 1 N–H and O–H groups in total. The molecule has 6 heteroatoms. The van der Waals surface area contributed by atoms with Gasteiger partial charge in [0.15, 0.2) is 0 Å². The van der Waals surface area contributed by atoms with Gasteiger partial charge >= 0.3 is 0 Å². The van der Waals surface area contributed by atoms with Gasteiger partial charge in [0.05, 0.1) is 4.90 Å². The maximum Gasteiger partial charge on any atom is 0.240 e. The Kier molecular flexibility index (Phi) is 5.81. The van der Waals surface area contributed by atoms with E-state index in [0.717, 1.165) is 31.5 Å². The van der Waals surface area contributed by atoms with Crippen molar-refractivity contribution in [2.45, 2.75) is 44.9 Å². The second-order valence-corrected chi connectivity index (χ2v) is 8.24. The first-order valence-corrected chi connectivity index (χ1v) is 9.62. The molecule has 1 aromatic rings. The summed E-state index contributed by atoms with van der Waals surface area (Å²) in [6.45, 7) is 7.48. The SMILES string of the molecule is Cc1ccc(C)c(S(=O)(=O)NCCC(=O)N2CCC[C@@H](C)C2)c1. The van der Waals surface area contributed by atoms with Gasteiger partial charge in [-0.15, -0.1) is 0 Å². The van der Waals surface area contributed by atoms with Gasteiger partial charge < -0.3 is 4.90 Å². The highest BCUT2D eigenvalue weighted by atomic mass is 32.2. The molecular formula is C17H26N2O3S. The fourth-order valence-electron chi connectivity index (χ4n) is 2.94. The monoisotopic (exact) mass is 338 g/mol. The van der Waals surface area contributed by atoms with E-state index in [1.807, 2.05) is 17.9 Å². The number of likely N-dealkylation sites (tertiary alicyclic amines) is 1. The molecule has 1 atom stereocenters. The van der Waals surface area contributed by atoms with Crippen molar-refractivity contribution in [3.8, 4) is 0 Å². The van der Waals surface area contributed by atoms with Crippen LogP contribution < -0.4 is 4.72 Å². The summed E-state index contributed by atoms with van der Waals surface area (Å²) in [5, 5.41) is 0. The Hall–Kier alpha value is -1.40.